The van der Waals surface area contributed by atoms with Crippen molar-refractivity contribution in [3.63, 3.8) is 0 Å². The number of likely N-dealkylation sites (tertiary alicyclic amines) is 1. The lowest BCUT2D eigenvalue weighted by molar-refractivity contribution is -0.0554. The molecule has 0 bridgehead atoms. The third-order valence-electron chi connectivity index (χ3n) is 4.85. The molecule has 1 fully saturated rings. The largest absolute Gasteiger partial charge is 0.416 e. The Balaban J connectivity index is 2.17. The number of hydrogen-bond donors (Lipinski definition) is 0. The van der Waals surface area contributed by atoms with Crippen molar-refractivity contribution in [3.05, 3.63) is 35.9 Å². The van der Waals surface area contributed by atoms with E-state index >= 15 is 0 Å². The van der Waals surface area contributed by atoms with Gasteiger partial charge >= 0.3 is 6.09 Å². The van der Waals surface area contributed by atoms with Crippen LogP contribution in [-0.4, -0.2) is 32.4 Å². The minimum Gasteiger partial charge on any atom is -0.416 e. The van der Waals surface area contributed by atoms with Crippen molar-refractivity contribution in [1.82, 2.24) is 4.90 Å². The smallest absolute Gasteiger partial charge is 0.412 e. The minimum atomic E-state index is -2.05. The van der Waals surface area contributed by atoms with E-state index in [0.29, 0.717) is 0 Å². The molecule has 1 aliphatic rings. The molecule has 1 heterocycles. The Kier molecular flexibility index (Phi) is 5.52. The SMILES string of the molecule is CC(C)(C)[Si](C)(C)O[C@@H](OC(=O)N1CCCC1)c1ccccc1. The highest BCUT2D eigenvalue weighted by atomic mass is 28.4. The predicted octanol–water partition coefficient (Wildman–Crippen LogP) is 4.94. The van der Waals surface area contributed by atoms with Crippen LogP contribution >= 0.6 is 0 Å². The van der Waals surface area contributed by atoms with Gasteiger partial charge in [0.05, 0.1) is 0 Å². The molecular formula is C18H29NO3Si. The van der Waals surface area contributed by atoms with Gasteiger partial charge in [0.25, 0.3) is 0 Å². The Labute approximate surface area is 140 Å². The summed E-state index contributed by atoms with van der Waals surface area (Å²) in [7, 11) is -2.05. The maximum absolute atomic E-state index is 12.4. The number of rotatable bonds is 4. The standard InChI is InChI=1S/C18H29NO3Si/c1-18(2,3)23(4,5)22-16(15-11-7-6-8-12-15)21-17(20)19-13-9-10-14-19/h6-8,11-12,16H,9-10,13-14H2,1-5H3/t16-/m1/s1. The molecule has 2 rings (SSSR count). The van der Waals surface area contributed by atoms with E-state index in [1.807, 2.05) is 30.3 Å². The molecule has 128 valence electrons. The van der Waals surface area contributed by atoms with E-state index in [2.05, 4.69) is 33.9 Å². The second kappa shape index (κ2) is 7.05. The monoisotopic (exact) mass is 335 g/mol. The quantitative estimate of drug-likeness (QED) is 0.578. The number of amides is 1. The fourth-order valence-corrected chi connectivity index (χ4v) is 3.35. The van der Waals surface area contributed by atoms with Gasteiger partial charge in [-0.15, -0.1) is 0 Å². The van der Waals surface area contributed by atoms with Crippen molar-refractivity contribution in [2.24, 2.45) is 0 Å². The van der Waals surface area contributed by atoms with Gasteiger partial charge in [0, 0.05) is 18.7 Å². The van der Waals surface area contributed by atoms with E-state index in [-0.39, 0.29) is 11.1 Å². The summed E-state index contributed by atoms with van der Waals surface area (Å²) in [5, 5.41) is 0.0556. The maximum Gasteiger partial charge on any atom is 0.412 e. The number of nitrogens with zero attached hydrogens (tertiary/aromatic N) is 1. The van der Waals surface area contributed by atoms with Gasteiger partial charge in [0.1, 0.15) is 0 Å². The molecular weight excluding hydrogens is 306 g/mol. The minimum absolute atomic E-state index is 0.0556. The van der Waals surface area contributed by atoms with E-state index in [9.17, 15) is 4.79 Å². The van der Waals surface area contributed by atoms with E-state index < -0.39 is 14.6 Å². The van der Waals surface area contributed by atoms with Gasteiger partial charge in [-0.2, -0.15) is 0 Å². The molecule has 1 aromatic carbocycles. The summed E-state index contributed by atoms with van der Waals surface area (Å²) < 4.78 is 12.1. The van der Waals surface area contributed by atoms with Crippen LogP contribution in [0.5, 0.6) is 0 Å². The third-order valence-corrected chi connectivity index (χ3v) is 9.27. The van der Waals surface area contributed by atoms with Crippen molar-refractivity contribution < 1.29 is 14.0 Å². The first-order valence-corrected chi connectivity index (χ1v) is 11.3. The summed E-state index contributed by atoms with van der Waals surface area (Å²) >= 11 is 0. The first-order chi connectivity index (χ1) is 10.7. The number of ether oxygens (including phenoxy) is 1. The van der Waals surface area contributed by atoms with Crippen LogP contribution in [0.2, 0.25) is 18.1 Å². The molecule has 5 heteroatoms. The fourth-order valence-electron chi connectivity index (χ4n) is 2.28. The highest BCUT2D eigenvalue weighted by Gasteiger charge is 2.41. The molecule has 1 aromatic rings. The van der Waals surface area contributed by atoms with E-state index in [4.69, 9.17) is 9.16 Å². The summed E-state index contributed by atoms with van der Waals surface area (Å²) in [6, 6.07) is 9.75. The van der Waals surface area contributed by atoms with Gasteiger partial charge < -0.3 is 14.1 Å². The molecule has 0 aliphatic carbocycles. The van der Waals surface area contributed by atoms with Crippen LogP contribution in [-0.2, 0) is 9.16 Å². The predicted molar refractivity (Wildman–Crippen MR) is 94.8 cm³/mol. The zero-order chi connectivity index (χ0) is 17.1. The van der Waals surface area contributed by atoms with Gasteiger partial charge in [-0.3, -0.25) is 0 Å². The van der Waals surface area contributed by atoms with Crippen LogP contribution in [0.25, 0.3) is 0 Å². The fraction of sp³-hybridized carbons (Fsp3) is 0.611. The first kappa shape index (κ1) is 18.0. The topological polar surface area (TPSA) is 38.8 Å². The Morgan fingerprint density at radius 1 is 1.13 bits per heavy atom. The molecule has 1 aliphatic heterocycles. The van der Waals surface area contributed by atoms with Crippen LogP contribution in [0.15, 0.2) is 30.3 Å². The summed E-state index contributed by atoms with van der Waals surface area (Å²) in [5.74, 6) is 0. The maximum atomic E-state index is 12.4. The van der Waals surface area contributed by atoms with Gasteiger partial charge in [-0.1, -0.05) is 51.1 Å². The van der Waals surface area contributed by atoms with Gasteiger partial charge in [0.2, 0.25) is 6.29 Å². The summed E-state index contributed by atoms with van der Waals surface area (Å²) in [4.78, 5) is 14.2. The molecule has 0 saturated carbocycles. The Morgan fingerprint density at radius 3 is 2.22 bits per heavy atom. The van der Waals surface area contributed by atoms with Crippen molar-refractivity contribution >= 4 is 14.4 Å². The van der Waals surface area contributed by atoms with Gasteiger partial charge in [0.15, 0.2) is 8.32 Å². The summed E-state index contributed by atoms with van der Waals surface area (Å²) in [5.41, 5.74) is 0.893. The van der Waals surface area contributed by atoms with Crippen molar-refractivity contribution in [2.75, 3.05) is 13.1 Å². The van der Waals surface area contributed by atoms with Crippen LogP contribution in [0.3, 0.4) is 0 Å². The van der Waals surface area contributed by atoms with E-state index in [0.717, 1.165) is 31.5 Å². The number of benzene rings is 1. The van der Waals surface area contributed by atoms with Crippen LogP contribution in [0, 0.1) is 0 Å². The molecule has 4 nitrogen and oxygen atoms in total. The molecule has 0 N–H and O–H groups in total. The highest BCUT2D eigenvalue weighted by Crippen LogP contribution is 2.40. The van der Waals surface area contributed by atoms with Gasteiger partial charge in [-0.05, 0) is 31.0 Å². The van der Waals surface area contributed by atoms with E-state index in [1.165, 1.54) is 0 Å². The van der Waals surface area contributed by atoms with E-state index in [1.54, 1.807) is 4.90 Å². The number of carbonyl (C=O) groups is 1. The number of carbonyl (C=O) groups excluding carboxylic acids is 1. The molecule has 0 unspecified atom stereocenters. The summed E-state index contributed by atoms with van der Waals surface area (Å²) in [6.45, 7) is 12.5. The molecule has 1 saturated heterocycles. The normalized spacial score (nSPS) is 17.2. The molecule has 0 aromatic heterocycles. The zero-order valence-corrected chi connectivity index (χ0v) is 16.0. The van der Waals surface area contributed by atoms with Crippen LogP contribution in [0.4, 0.5) is 4.79 Å². The first-order valence-electron chi connectivity index (χ1n) is 8.39. The van der Waals surface area contributed by atoms with Crippen LogP contribution < -0.4 is 0 Å². The second-order valence-corrected chi connectivity index (χ2v) is 12.5. The third kappa shape index (κ3) is 4.58. The average molecular weight is 336 g/mol. The highest BCUT2D eigenvalue weighted by molar-refractivity contribution is 6.74. The lowest BCUT2D eigenvalue weighted by Gasteiger charge is -2.39. The van der Waals surface area contributed by atoms with Crippen LogP contribution in [0.1, 0.15) is 45.5 Å². The molecule has 1 atom stereocenters. The molecule has 1 amide bonds. The van der Waals surface area contributed by atoms with Crippen molar-refractivity contribution in [2.45, 2.75) is 58.0 Å². The van der Waals surface area contributed by atoms with Crippen molar-refractivity contribution in [1.29, 1.82) is 0 Å². The average Bonchev–Trinajstić information content (AvgIpc) is 3.00. The lowest BCUT2D eigenvalue weighted by Crippen LogP contribution is -2.43. The lowest BCUT2D eigenvalue weighted by atomic mass is 10.2. The second-order valence-electron chi connectivity index (χ2n) is 7.70. The molecule has 0 radical (unpaired) electrons. The van der Waals surface area contributed by atoms with Crippen molar-refractivity contribution in [3.8, 4) is 0 Å². The summed E-state index contributed by atoms with van der Waals surface area (Å²) in [6.07, 6.45) is 1.20. The Morgan fingerprint density at radius 2 is 1.70 bits per heavy atom. The number of hydrogen-bond acceptors (Lipinski definition) is 3. The zero-order valence-electron chi connectivity index (χ0n) is 15.0. The van der Waals surface area contributed by atoms with Gasteiger partial charge in [-0.25, -0.2) is 4.79 Å². The molecule has 0 spiro atoms. The molecule has 23 heavy (non-hydrogen) atoms. The Hall–Kier alpha value is -1.33. The Bertz CT molecular complexity index is 519.